The maximum Gasteiger partial charge on any atom is 0.223 e. The van der Waals surface area contributed by atoms with Crippen molar-refractivity contribution in [1.82, 2.24) is 10.2 Å². The highest BCUT2D eigenvalue weighted by Gasteiger charge is 2.09. The van der Waals surface area contributed by atoms with Crippen LogP contribution in [0, 0.1) is 0 Å². The van der Waals surface area contributed by atoms with Gasteiger partial charge in [0.2, 0.25) is 11.0 Å². The Morgan fingerprint density at radius 1 is 0.938 bits per heavy atom. The molecule has 0 radical (unpaired) electrons. The zero-order valence-electron chi connectivity index (χ0n) is 18.0. The average molecular weight is 445 g/mol. The highest BCUT2D eigenvalue weighted by Crippen LogP contribution is 2.32. The molecule has 0 spiro atoms. The molecule has 2 N–H and O–H groups in total. The van der Waals surface area contributed by atoms with Gasteiger partial charge in [-0.25, -0.2) is 0 Å². The van der Waals surface area contributed by atoms with Crippen LogP contribution in [0.25, 0.3) is 21.7 Å². The molecule has 0 unspecified atom stereocenters. The first-order chi connectivity index (χ1) is 15.6. The fourth-order valence-electron chi connectivity index (χ4n) is 3.19. The van der Waals surface area contributed by atoms with E-state index in [0.717, 1.165) is 51.8 Å². The third-order valence-corrected chi connectivity index (χ3v) is 5.57. The Kier molecular flexibility index (Phi) is 6.77. The lowest BCUT2D eigenvalue weighted by atomic mass is 10.0. The maximum absolute atomic E-state index is 11.2. The largest absolute Gasteiger partial charge is 0.494 e. The van der Waals surface area contributed by atoms with Gasteiger partial charge in [0.15, 0.2) is 0 Å². The predicted molar refractivity (Wildman–Crippen MR) is 131 cm³/mol. The van der Waals surface area contributed by atoms with E-state index in [9.17, 15) is 4.79 Å². The third-order valence-electron chi connectivity index (χ3n) is 4.68. The van der Waals surface area contributed by atoms with Gasteiger partial charge in [0.25, 0.3) is 0 Å². The summed E-state index contributed by atoms with van der Waals surface area (Å²) in [6, 6.07) is 24.4. The summed E-state index contributed by atoms with van der Waals surface area (Å²) in [5.41, 5.74) is 5.17. The molecule has 0 aliphatic carbocycles. The van der Waals surface area contributed by atoms with Crippen LogP contribution in [0.1, 0.15) is 20.3 Å². The summed E-state index contributed by atoms with van der Waals surface area (Å²) >= 11 is 1.34. The number of carbonyl (C=O) groups is 1. The smallest absolute Gasteiger partial charge is 0.223 e. The van der Waals surface area contributed by atoms with Crippen LogP contribution < -0.4 is 15.4 Å². The topological polar surface area (TPSA) is 76.1 Å². The predicted octanol–water partition coefficient (Wildman–Crippen LogP) is 6.36. The molecule has 4 aromatic rings. The quantitative estimate of drug-likeness (QED) is 0.331. The molecule has 0 saturated carbocycles. The van der Waals surface area contributed by atoms with Crippen LogP contribution in [-0.4, -0.2) is 22.7 Å². The van der Waals surface area contributed by atoms with Crippen LogP contribution in [0.15, 0.2) is 72.8 Å². The van der Waals surface area contributed by atoms with Crippen LogP contribution in [0.2, 0.25) is 0 Å². The van der Waals surface area contributed by atoms with Gasteiger partial charge in [-0.1, -0.05) is 48.6 Å². The van der Waals surface area contributed by atoms with E-state index in [1.807, 2.05) is 48.5 Å². The zero-order valence-corrected chi connectivity index (χ0v) is 18.8. The van der Waals surface area contributed by atoms with Crippen molar-refractivity contribution in [2.45, 2.75) is 20.3 Å². The van der Waals surface area contributed by atoms with E-state index in [0.29, 0.717) is 5.13 Å². The van der Waals surface area contributed by atoms with E-state index < -0.39 is 0 Å². The first-order valence-corrected chi connectivity index (χ1v) is 11.2. The molecular formula is C25H24N4O2S. The summed E-state index contributed by atoms with van der Waals surface area (Å²) in [6.45, 7) is 4.27. The summed E-state index contributed by atoms with van der Waals surface area (Å²) in [5, 5.41) is 15.6. The number of amides is 1. The van der Waals surface area contributed by atoms with Gasteiger partial charge in [0.1, 0.15) is 10.8 Å². The number of benzene rings is 3. The molecule has 0 saturated heterocycles. The van der Waals surface area contributed by atoms with Crippen molar-refractivity contribution < 1.29 is 9.53 Å². The molecule has 0 fully saturated rings. The molecule has 1 aromatic heterocycles. The Balaban J connectivity index is 1.50. The van der Waals surface area contributed by atoms with Crippen LogP contribution in [0.5, 0.6) is 5.75 Å². The van der Waals surface area contributed by atoms with E-state index in [-0.39, 0.29) is 5.91 Å². The Morgan fingerprint density at radius 3 is 2.38 bits per heavy atom. The van der Waals surface area contributed by atoms with Crippen molar-refractivity contribution in [1.29, 1.82) is 0 Å². The number of aromatic nitrogens is 2. The van der Waals surface area contributed by atoms with Gasteiger partial charge in [-0.3, -0.25) is 4.79 Å². The van der Waals surface area contributed by atoms with E-state index in [2.05, 4.69) is 52.0 Å². The number of para-hydroxylation sites is 1. The van der Waals surface area contributed by atoms with Crippen molar-refractivity contribution in [3.63, 3.8) is 0 Å². The van der Waals surface area contributed by atoms with Gasteiger partial charge in [0.05, 0.1) is 6.61 Å². The Labute approximate surface area is 191 Å². The molecule has 4 rings (SSSR count). The van der Waals surface area contributed by atoms with Crippen LogP contribution >= 0.6 is 11.3 Å². The molecule has 162 valence electrons. The minimum Gasteiger partial charge on any atom is -0.494 e. The fraction of sp³-hybridized carbons (Fsp3) is 0.160. The monoisotopic (exact) mass is 444 g/mol. The van der Waals surface area contributed by atoms with Gasteiger partial charge in [0, 0.05) is 29.4 Å². The van der Waals surface area contributed by atoms with Gasteiger partial charge in [-0.2, -0.15) is 0 Å². The number of ether oxygens (including phenoxy) is 1. The second-order valence-electron chi connectivity index (χ2n) is 7.21. The molecule has 1 heterocycles. The summed E-state index contributed by atoms with van der Waals surface area (Å²) in [5.74, 6) is 0.726. The van der Waals surface area contributed by atoms with E-state index >= 15 is 0 Å². The third kappa shape index (κ3) is 5.31. The van der Waals surface area contributed by atoms with Crippen LogP contribution in [-0.2, 0) is 4.79 Å². The molecule has 7 heteroatoms. The van der Waals surface area contributed by atoms with Gasteiger partial charge in [-0.05, 0) is 54.4 Å². The highest BCUT2D eigenvalue weighted by molar-refractivity contribution is 7.18. The second-order valence-corrected chi connectivity index (χ2v) is 8.19. The zero-order chi connectivity index (χ0) is 22.3. The molecule has 1 amide bonds. The SMILES string of the molecule is CCCOc1ccc(-c2ccccc2Nc2ccc(-c3nnc(NC(C)=O)s3)cc2)cc1. The van der Waals surface area contributed by atoms with Crippen LogP contribution in [0.3, 0.4) is 0 Å². The van der Waals surface area contributed by atoms with E-state index in [4.69, 9.17) is 4.74 Å². The Morgan fingerprint density at radius 2 is 1.66 bits per heavy atom. The number of nitrogens with zero attached hydrogens (tertiary/aromatic N) is 2. The fourth-order valence-corrected chi connectivity index (χ4v) is 3.98. The standard InChI is InChI=1S/C25H24N4O2S/c1-3-16-31-21-14-10-18(11-15-21)22-6-4-5-7-23(22)27-20-12-8-19(9-13-20)24-28-29-25(32-24)26-17(2)30/h4-15,27H,3,16H2,1-2H3,(H,26,29,30). The summed E-state index contributed by atoms with van der Waals surface area (Å²) in [6.07, 6.45) is 0.989. The molecule has 0 atom stereocenters. The molecule has 0 aliphatic rings. The van der Waals surface area contributed by atoms with Gasteiger partial charge < -0.3 is 15.4 Å². The van der Waals surface area contributed by atoms with Crippen molar-refractivity contribution in [3.05, 3.63) is 72.8 Å². The number of rotatable bonds is 8. The number of anilines is 3. The number of carbonyl (C=O) groups excluding carboxylic acids is 1. The lowest BCUT2D eigenvalue weighted by molar-refractivity contribution is -0.114. The van der Waals surface area contributed by atoms with Crippen molar-refractivity contribution in [3.8, 4) is 27.4 Å². The van der Waals surface area contributed by atoms with Gasteiger partial charge in [-0.15, -0.1) is 10.2 Å². The molecule has 0 aliphatic heterocycles. The average Bonchev–Trinajstić information content (AvgIpc) is 3.27. The molecule has 0 bridgehead atoms. The van der Waals surface area contributed by atoms with Gasteiger partial charge >= 0.3 is 0 Å². The van der Waals surface area contributed by atoms with Crippen molar-refractivity contribution in [2.75, 3.05) is 17.2 Å². The normalized spacial score (nSPS) is 10.6. The minimum absolute atomic E-state index is 0.158. The summed E-state index contributed by atoms with van der Waals surface area (Å²) in [4.78, 5) is 11.2. The summed E-state index contributed by atoms with van der Waals surface area (Å²) < 4.78 is 5.69. The minimum atomic E-state index is -0.158. The van der Waals surface area contributed by atoms with E-state index in [1.54, 1.807) is 0 Å². The van der Waals surface area contributed by atoms with E-state index in [1.165, 1.54) is 18.3 Å². The first-order valence-electron chi connectivity index (χ1n) is 10.4. The first kappa shape index (κ1) is 21.5. The van der Waals surface area contributed by atoms with Crippen molar-refractivity contribution >= 4 is 33.8 Å². The Hall–Kier alpha value is -3.71. The number of nitrogens with one attached hydrogen (secondary N) is 2. The highest BCUT2D eigenvalue weighted by atomic mass is 32.1. The lowest BCUT2D eigenvalue weighted by Crippen LogP contribution is -2.04. The Bertz CT molecular complexity index is 1190. The van der Waals surface area contributed by atoms with Crippen LogP contribution in [0.4, 0.5) is 16.5 Å². The molecule has 6 nitrogen and oxygen atoms in total. The van der Waals surface area contributed by atoms with Crippen molar-refractivity contribution in [2.24, 2.45) is 0 Å². The number of hydrogen-bond donors (Lipinski definition) is 2. The second kappa shape index (κ2) is 10.1. The molecule has 32 heavy (non-hydrogen) atoms. The summed E-state index contributed by atoms with van der Waals surface area (Å²) in [7, 11) is 0. The number of hydrogen-bond acceptors (Lipinski definition) is 6. The maximum atomic E-state index is 11.2. The lowest BCUT2D eigenvalue weighted by Gasteiger charge is -2.13. The molecular weight excluding hydrogens is 420 g/mol. The molecule has 3 aromatic carbocycles.